The number of aromatic nitrogens is 1. The zero-order valence-electron chi connectivity index (χ0n) is 10.5. The topological polar surface area (TPSA) is 36.4 Å². The second kappa shape index (κ2) is 5.69. The predicted octanol–water partition coefficient (Wildman–Crippen LogP) is 3.97. The van der Waals surface area contributed by atoms with Crippen molar-refractivity contribution in [1.29, 1.82) is 0 Å². The number of aliphatic hydroxyl groups excluding tert-OH is 1. The van der Waals surface area contributed by atoms with Gasteiger partial charge in [0.2, 0.25) is 0 Å². The molecule has 0 fully saturated rings. The van der Waals surface area contributed by atoms with E-state index in [2.05, 4.69) is 37.3 Å². The number of aryl methyl sites for hydroxylation is 1. The lowest BCUT2D eigenvalue weighted by molar-refractivity contribution is 0.202. The molecule has 0 aromatic carbocycles. The number of thiazole rings is 1. The molecule has 18 heavy (non-hydrogen) atoms. The fraction of sp³-hybridized carbons (Fsp3) is 0.417. The molecule has 1 N–H and O–H groups in total. The number of nitrogens with zero attached hydrogens (tertiary/aromatic N) is 2. The largest absolute Gasteiger partial charge is 0.388 e. The highest BCUT2D eigenvalue weighted by Gasteiger charge is 2.15. The minimum atomic E-state index is -0.444. The molecule has 2 rings (SSSR count). The van der Waals surface area contributed by atoms with Crippen LogP contribution in [0.5, 0.6) is 0 Å². The van der Waals surface area contributed by atoms with Gasteiger partial charge in [-0.05, 0) is 35.8 Å². The van der Waals surface area contributed by atoms with Gasteiger partial charge in [0.15, 0.2) is 5.13 Å². The molecule has 1 unspecified atom stereocenters. The minimum Gasteiger partial charge on any atom is -0.388 e. The lowest BCUT2D eigenvalue weighted by Gasteiger charge is -2.14. The maximum absolute atomic E-state index is 9.64. The molecule has 0 aliphatic carbocycles. The maximum atomic E-state index is 9.64. The number of anilines is 1. The molecule has 6 heteroatoms. The predicted molar refractivity (Wildman–Crippen MR) is 81.6 cm³/mol. The molecule has 0 aliphatic rings. The van der Waals surface area contributed by atoms with E-state index < -0.39 is 6.10 Å². The van der Waals surface area contributed by atoms with Gasteiger partial charge < -0.3 is 10.0 Å². The molecule has 0 spiro atoms. The molecule has 0 bridgehead atoms. The number of thiophene rings is 1. The molecule has 3 nitrogen and oxygen atoms in total. The highest BCUT2D eigenvalue weighted by molar-refractivity contribution is 9.10. The van der Waals surface area contributed by atoms with Gasteiger partial charge in [-0.25, -0.2) is 4.98 Å². The normalized spacial score (nSPS) is 12.7. The van der Waals surface area contributed by atoms with Crippen LogP contribution in [0.1, 0.15) is 28.5 Å². The third-order valence-corrected chi connectivity index (χ3v) is 5.67. The Morgan fingerprint density at radius 1 is 1.56 bits per heavy atom. The first-order valence-corrected chi connectivity index (χ1v) is 8.05. The van der Waals surface area contributed by atoms with Gasteiger partial charge in [-0.2, -0.15) is 0 Å². The minimum absolute atomic E-state index is 0.444. The summed E-state index contributed by atoms with van der Waals surface area (Å²) in [6.45, 7) is 4.56. The van der Waals surface area contributed by atoms with E-state index >= 15 is 0 Å². The quantitative estimate of drug-likeness (QED) is 0.909. The average Bonchev–Trinajstić information content (AvgIpc) is 2.85. The smallest absolute Gasteiger partial charge is 0.185 e. The first-order chi connectivity index (χ1) is 8.47. The summed E-state index contributed by atoms with van der Waals surface area (Å²) < 4.78 is 1.12. The van der Waals surface area contributed by atoms with Crippen LogP contribution in [0.2, 0.25) is 0 Å². The Hall–Kier alpha value is -0.430. The van der Waals surface area contributed by atoms with E-state index in [1.165, 1.54) is 4.88 Å². The first kappa shape index (κ1) is 14.0. The van der Waals surface area contributed by atoms with Crippen LogP contribution < -0.4 is 4.90 Å². The van der Waals surface area contributed by atoms with Gasteiger partial charge in [0, 0.05) is 21.8 Å². The summed E-state index contributed by atoms with van der Waals surface area (Å²) in [4.78, 5) is 8.86. The fourth-order valence-corrected chi connectivity index (χ4v) is 4.15. The SMILES string of the molecule is Cc1nc(N(C)Cc2cc(Br)cs2)sc1C(C)O. The maximum Gasteiger partial charge on any atom is 0.185 e. The number of aliphatic hydroxyl groups is 1. The molecule has 1 atom stereocenters. The van der Waals surface area contributed by atoms with Gasteiger partial charge in [-0.1, -0.05) is 11.3 Å². The molecular weight excluding hydrogens is 332 g/mol. The summed E-state index contributed by atoms with van der Waals surface area (Å²) in [5, 5.41) is 12.7. The van der Waals surface area contributed by atoms with E-state index in [0.717, 1.165) is 26.7 Å². The second-order valence-electron chi connectivity index (χ2n) is 4.21. The molecule has 2 aromatic rings. The lowest BCUT2D eigenvalue weighted by Crippen LogP contribution is -2.15. The van der Waals surface area contributed by atoms with Gasteiger partial charge in [0.25, 0.3) is 0 Å². The van der Waals surface area contributed by atoms with E-state index in [0.29, 0.717) is 0 Å². The van der Waals surface area contributed by atoms with Crippen LogP contribution in [0, 0.1) is 6.92 Å². The van der Waals surface area contributed by atoms with Crippen molar-refractivity contribution in [2.24, 2.45) is 0 Å². The third-order valence-electron chi connectivity index (χ3n) is 2.54. The van der Waals surface area contributed by atoms with Crippen LogP contribution in [0.3, 0.4) is 0 Å². The summed E-state index contributed by atoms with van der Waals surface area (Å²) in [5.41, 5.74) is 0.921. The van der Waals surface area contributed by atoms with Crippen LogP contribution in [-0.2, 0) is 6.54 Å². The van der Waals surface area contributed by atoms with Crippen LogP contribution >= 0.6 is 38.6 Å². The van der Waals surface area contributed by atoms with Crippen molar-refractivity contribution in [3.63, 3.8) is 0 Å². The van der Waals surface area contributed by atoms with E-state index in [4.69, 9.17) is 0 Å². The van der Waals surface area contributed by atoms with Crippen molar-refractivity contribution in [3.05, 3.63) is 31.4 Å². The van der Waals surface area contributed by atoms with Crippen molar-refractivity contribution in [2.45, 2.75) is 26.5 Å². The Bertz CT molecular complexity index is 536. The molecule has 2 heterocycles. The highest BCUT2D eigenvalue weighted by Crippen LogP contribution is 2.31. The molecule has 2 aromatic heterocycles. The van der Waals surface area contributed by atoms with Crippen LogP contribution in [0.25, 0.3) is 0 Å². The van der Waals surface area contributed by atoms with E-state index in [-0.39, 0.29) is 0 Å². The Labute approximate surface area is 123 Å². The molecule has 0 saturated carbocycles. The molecular formula is C12H15BrN2OS2. The monoisotopic (exact) mass is 346 g/mol. The van der Waals surface area contributed by atoms with Crippen LogP contribution in [-0.4, -0.2) is 17.1 Å². The molecule has 0 aliphatic heterocycles. The third kappa shape index (κ3) is 3.12. The Morgan fingerprint density at radius 3 is 2.78 bits per heavy atom. The van der Waals surface area contributed by atoms with Crippen LogP contribution in [0.4, 0.5) is 5.13 Å². The average molecular weight is 347 g/mol. The van der Waals surface area contributed by atoms with Gasteiger partial charge in [0.1, 0.15) is 0 Å². The van der Waals surface area contributed by atoms with Crippen LogP contribution in [0.15, 0.2) is 15.9 Å². The Balaban J connectivity index is 2.13. The van der Waals surface area contributed by atoms with E-state index in [1.54, 1.807) is 29.6 Å². The van der Waals surface area contributed by atoms with Crippen molar-refractivity contribution < 1.29 is 5.11 Å². The van der Waals surface area contributed by atoms with Gasteiger partial charge >= 0.3 is 0 Å². The lowest BCUT2D eigenvalue weighted by atomic mass is 10.3. The van der Waals surface area contributed by atoms with Gasteiger partial charge in [-0.3, -0.25) is 0 Å². The Morgan fingerprint density at radius 2 is 2.28 bits per heavy atom. The highest BCUT2D eigenvalue weighted by atomic mass is 79.9. The summed E-state index contributed by atoms with van der Waals surface area (Å²) in [6, 6.07) is 2.12. The van der Waals surface area contributed by atoms with Crippen molar-refractivity contribution in [2.75, 3.05) is 11.9 Å². The summed E-state index contributed by atoms with van der Waals surface area (Å²) in [5.74, 6) is 0. The fourth-order valence-electron chi connectivity index (χ4n) is 1.68. The second-order valence-corrected chi connectivity index (χ2v) is 7.13. The number of hydrogen-bond donors (Lipinski definition) is 1. The molecule has 0 amide bonds. The Kier molecular flexibility index (Phi) is 4.42. The van der Waals surface area contributed by atoms with Crippen molar-refractivity contribution in [1.82, 2.24) is 4.98 Å². The van der Waals surface area contributed by atoms with Gasteiger partial charge in [0.05, 0.1) is 23.2 Å². The number of hydrogen-bond acceptors (Lipinski definition) is 5. The summed E-state index contributed by atoms with van der Waals surface area (Å²) >= 11 is 6.75. The number of rotatable bonds is 4. The molecule has 0 saturated heterocycles. The first-order valence-electron chi connectivity index (χ1n) is 5.57. The van der Waals surface area contributed by atoms with Crippen molar-refractivity contribution >= 4 is 43.7 Å². The molecule has 98 valence electrons. The molecule has 0 radical (unpaired) electrons. The zero-order valence-corrected chi connectivity index (χ0v) is 13.7. The zero-order chi connectivity index (χ0) is 13.3. The number of halogens is 1. The van der Waals surface area contributed by atoms with Gasteiger partial charge in [-0.15, -0.1) is 11.3 Å². The summed E-state index contributed by atoms with van der Waals surface area (Å²) in [6.07, 6.45) is -0.444. The summed E-state index contributed by atoms with van der Waals surface area (Å²) in [7, 11) is 2.03. The standard InChI is InChI=1S/C12H15BrN2OS2/c1-7-11(8(2)16)18-12(14-7)15(3)5-10-4-9(13)6-17-10/h4,6,8,16H,5H2,1-3H3. The van der Waals surface area contributed by atoms with E-state index in [1.807, 2.05) is 14.0 Å². The van der Waals surface area contributed by atoms with Crippen molar-refractivity contribution in [3.8, 4) is 0 Å². The van der Waals surface area contributed by atoms with E-state index in [9.17, 15) is 5.11 Å².